The number of hydrogen-bond acceptors (Lipinski definition) is 9. The summed E-state index contributed by atoms with van der Waals surface area (Å²) in [5, 5.41) is 21.0. The van der Waals surface area contributed by atoms with E-state index in [4.69, 9.17) is 20.4 Å². The van der Waals surface area contributed by atoms with E-state index < -0.39 is 23.5 Å². The molecule has 5 aromatic rings. The highest BCUT2D eigenvalue weighted by Crippen LogP contribution is 2.44. The second-order valence-corrected chi connectivity index (χ2v) is 11.1. The molecule has 1 atom stereocenters. The molecule has 0 unspecified atom stereocenters. The number of aryl methyl sites for hydroxylation is 1. The first kappa shape index (κ1) is 24.5. The van der Waals surface area contributed by atoms with Crippen LogP contribution in [-0.4, -0.2) is 27.0 Å². The quantitative estimate of drug-likeness (QED) is 0.129. The molecule has 1 aliphatic heterocycles. The normalized spacial score (nSPS) is 15.7. The first-order valence-corrected chi connectivity index (χ1v) is 13.6. The number of fused-ring (bicyclic) bond motifs is 1. The van der Waals surface area contributed by atoms with Gasteiger partial charge in [0.25, 0.3) is 5.91 Å². The number of hydrogen-bond donors (Lipinski definition) is 1. The number of benzene rings is 2. The van der Waals surface area contributed by atoms with Gasteiger partial charge in [0, 0.05) is 16.2 Å². The Hall–Kier alpha value is -3.86. The van der Waals surface area contributed by atoms with Crippen molar-refractivity contribution in [3.8, 4) is 0 Å². The number of rotatable bonds is 7. The van der Waals surface area contributed by atoms with Crippen LogP contribution < -0.4 is 4.90 Å². The molecule has 2 aromatic carbocycles. The lowest BCUT2D eigenvalue weighted by Gasteiger charge is -2.21. The first-order valence-electron chi connectivity index (χ1n) is 11.5. The minimum absolute atomic E-state index is 0.00662. The molecule has 0 saturated carbocycles. The monoisotopic (exact) mass is 563 g/mol. The third kappa shape index (κ3) is 4.40. The predicted octanol–water partition coefficient (Wildman–Crippen LogP) is 6.91. The number of aromatic nitrogens is 2. The Balaban J connectivity index is 1.34. The highest BCUT2D eigenvalue weighted by atomic mass is 35.5. The van der Waals surface area contributed by atoms with Crippen molar-refractivity contribution in [2.24, 2.45) is 0 Å². The molecule has 190 valence electrons. The number of carbonyl (C=O) groups is 2. The van der Waals surface area contributed by atoms with Crippen molar-refractivity contribution in [1.82, 2.24) is 10.2 Å². The Labute approximate surface area is 229 Å². The van der Waals surface area contributed by atoms with Crippen LogP contribution in [-0.2, 0) is 10.5 Å². The Bertz CT molecular complexity index is 1690. The average Bonchev–Trinajstić information content (AvgIpc) is 3.70. The number of para-hydroxylation sites is 1. The van der Waals surface area contributed by atoms with E-state index >= 15 is 0 Å². The number of thioether (sulfide) groups is 1. The van der Waals surface area contributed by atoms with Crippen LogP contribution in [0.5, 0.6) is 0 Å². The molecule has 0 saturated heterocycles. The fourth-order valence-corrected chi connectivity index (χ4v) is 6.16. The zero-order chi connectivity index (χ0) is 26.4. The molecular weight excluding hydrogens is 546 g/mol. The van der Waals surface area contributed by atoms with Gasteiger partial charge in [-0.1, -0.05) is 65.0 Å². The molecule has 0 fully saturated rings. The second-order valence-electron chi connectivity index (χ2n) is 8.53. The van der Waals surface area contributed by atoms with E-state index in [1.807, 2.05) is 36.4 Å². The zero-order valence-electron chi connectivity index (χ0n) is 19.8. The van der Waals surface area contributed by atoms with E-state index in [1.54, 1.807) is 37.3 Å². The number of aliphatic hydroxyl groups excluding tert-OH is 1. The van der Waals surface area contributed by atoms with Crippen molar-refractivity contribution in [2.45, 2.75) is 23.1 Å². The van der Waals surface area contributed by atoms with Crippen LogP contribution in [0, 0.1) is 6.92 Å². The van der Waals surface area contributed by atoms with Gasteiger partial charge >= 0.3 is 0 Å². The lowest BCUT2D eigenvalue weighted by atomic mass is 10.00. The van der Waals surface area contributed by atoms with Gasteiger partial charge in [-0.25, -0.2) is 0 Å². The Morgan fingerprint density at radius 1 is 1.11 bits per heavy atom. The fraction of sp³-hybridized carbons (Fsp3) is 0.111. The Kier molecular flexibility index (Phi) is 6.30. The molecule has 6 rings (SSSR count). The molecule has 0 bridgehead atoms. The number of furan rings is 2. The van der Waals surface area contributed by atoms with Crippen LogP contribution in [0.1, 0.15) is 33.7 Å². The maximum Gasteiger partial charge on any atom is 0.296 e. The van der Waals surface area contributed by atoms with E-state index in [-0.39, 0.29) is 16.5 Å². The predicted molar refractivity (Wildman–Crippen MR) is 145 cm³/mol. The summed E-state index contributed by atoms with van der Waals surface area (Å²) in [6.07, 6.45) is 0. The molecule has 38 heavy (non-hydrogen) atoms. The number of aliphatic hydroxyl groups is 1. The number of amides is 1. The molecular formula is C27H18ClN3O5S2. The largest absolute Gasteiger partial charge is 0.503 e. The summed E-state index contributed by atoms with van der Waals surface area (Å²) in [4.78, 5) is 28.2. The highest BCUT2D eigenvalue weighted by Gasteiger charge is 2.48. The van der Waals surface area contributed by atoms with Crippen LogP contribution in [0.25, 0.3) is 11.0 Å². The van der Waals surface area contributed by atoms with Gasteiger partial charge in [-0.3, -0.25) is 14.5 Å². The summed E-state index contributed by atoms with van der Waals surface area (Å²) in [5.74, 6) is -0.535. The number of carbonyl (C=O) groups excluding carboxylic acids is 2. The Morgan fingerprint density at radius 3 is 2.63 bits per heavy atom. The molecule has 8 nitrogen and oxygen atoms in total. The molecule has 1 amide bonds. The molecule has 1 aliphatic rings. The van der Waals surface area contributed by atoms with E-state index in [1.165, 1.54) is 28.0 Å². The van der Waals surface area contributed by atoms with Crippen LogP contribution in [0.4, 0.5) is 5.13 Å². The van der Waals surface area contributed by atoms with Crippen molar-refractivity contribution >= 4 is 62.5 Å². The van der Waals surface area contributed by atoms with Gasteiger partial charge in [0.05, 0.1) is 5.57 Å². The summed E-state index contributed by atoms with van der Waals surface area (Å²) < 4.78 is 12.2. The molecule has 0 aliphatic carbocycles. The Morgan fingerprint density at radius 2 is 1.89 bits per heavy atom. The molecule has 4 heterocycles. The zero-order valence-corrected chi connectivity index (χ0v) is 22.1. The van der Waals surface area contributed by atoms with Crippen LogP contribution >= 0.6 is 34.7 Å². The fourth-order valence-electron chi connectivity index (χ4n) is 4.21. The van der Waals surface area contributed by atoms with Crippen LogP contribution in [0.2, 0.25) is 5.02 Å². The maximum absolute atomic E-state index is 13.7. The third-order valence-electron chi connectivity index (χ3n) is 6.01. The summed E-state index contributed by atoms with van der Waals surface area (Å²) >= 11 is 8.60. The molecule has 0 spiro atoms. The van der Waals surface area contributed by atoms with Crippen molar-refractivity contribution in [3.05, 3.63) is 106 Å². The van der Waals surface area contributed by atoms with E-state index in [9.17, 15) is 14.7 Å². The maximum atomic E-state index is 13.7. The van der Waals surface area contributed by atoms with E-state index in [0.29, 0.717) is 32.2 Å². The van der Waals surface area contributed by atoms with E-state index in [0.717, 1.165) is 10.9 Å². The van der Waals surface area contributed by atoms with Crippen molar-refractivity contribution in [3.63, 3.8) is 0 Å². The van der Waals surface area contributed by atoms with Gasteiger partial charge in [-0.2, -0.15) is 0 Å². The molecule has 1 N–H and O–H groups in total. The van der Waals surface area contributed by atoms with Gasteiger partial charge in [0.1, 0.15) is 23.1 Å². The third-order valence-corrected chi connectivity index (χ3v) is 8.39. The topological polar surface area (TPSA) is 110 Å². The van der Waals surface area contributed by atoms with Crippen molar-refractivity contribution < 1.29 is 23.5 Å². The second kappa shape index (κ2) is 9.79. The summed E-state index contributed by atoms with van der Waals surface area (Å²) in [6.45, 7) is 1.76. The van der Waals surface area contributed by atoms with Crippen molar-refractivity contribution in [2.75, 3.05) is 4.90 Å². The van der Waals surface area contributed by atoms with Crippen LogP contribution in [0.3, 0.4) is 0 Å². The molecule has 0 radical (unpaired) electrons. The SMILES string of the molecule is Cc1ccc([C@H]2C(C(=O)c3cc4ccccc4o3)=C(O)C(=O)N2c2nnc(SCc3ccc(Cl)cc3)s2)o1. The number of halogens is 1. The smallest absolute Gasteiger partial charge is 0.296 e. The van der Waals surface area contributed by atoms with E-state index in [2.05, 4.69) is 10.2 Å². The molecule has 3 aromatic heterocycles. The number of Topliss-reactive ketones (excluding diaryl/α,β-unsaturated/α-hetero) is 1. The summed E-state index contributed by atoms with van der Waals surface area (Å²) in [7, 11) is 0. The van der Waals surface area contributed by atoms with Gasteiger partial charge in [0.15, 0.2) is 15.9 Å². The minimum Gasteiger partial charge on any atom is -0.503 e. The summed E-state index contributed by atoms with van der Waals surface area (Å²) in [5.41, 5.74) is 1.43. The van der Waals surface area contributed by atoms with Gasteiger partial charge in [0.2, 0.25) is 10.9 Å². The lowest BCUT2D eigenvalue weighted by Crippen LogP contribution is -2.30. The lowest BCUT2D eigenvalue weighted by molar-refractivity contribution is -0.117. The number of anilines is 1. The highest BCUT2D eigenvalue weighted by molar-refractivity contribution is 8.00. The van der Waals surface area contributed by atoms with Gasteiger partial charge < -0.3 is 13.9 Å². The summed E-state index contributed by atoms with van der Waals surface area (Å²) in [6, 6.07) is 18.6. The minimum atomic E-state index is -1.04. The van der Waals surface area contributed by atoms with Crippen molar-refractivity contribution in [1.29, 1.82) is 0 Å². The first-order chi connectivity index (χ1) is 18.4. The van der Waals surface area contributed by atoms with Gasteiger partial charge in [-0.15, -0.1) is 10.2 Å². The van der Waals surface area contributed by atoms with Crippen LogP contribution in [0.15, 0.2) is 91.2 Å². The van der Waals surface area contributed by atoms with Gasteiger partial charge in [-0.05, 0) is 48.9 Å². The number of nitrogens with zero attached hydrogens (tertiary/aromatic N) is 3. The standard InChI is InChI=1S/C27H18ClN3O5S2/c1-14-6-11-19(35-14)22-21(23(32)20-12-16-4-2-3-5-18(16)36-20)24(33)25(34)31(22)26-29-30-27(38-26)37-13-15-7-9-17(28)10-8-15/h2-12,22,33H,13H2,1H3/t22-/m0/s1. The average molecular weight is 564 g/mol. The molecule has 11 heteroatoms. The number of ketones is 1.